The molecule has 2 aromatic rings. The first kappa shape index (κ1) is 14.4. The van der Waals surface area contributed by atoms with Crippen molar-refractivity contribution in [1.29, 1.82) is 0 Å². The summed E-state index contributed by atoms with van der Waals surface area (Å²) < 4.78 is 15.2. The van der Waals surface area contributed by atoms with Crippen LogP contribution in [0.25, 0.3) is 11.0 Å². The van der Waals surface area contributed by atoms with Crippen molar-refractivity contribution in [2.75, 3.05) is 19.5 Å². The van der Waals surface area contributed by atoms with Gasteiger partial charge in [-0.1, -0.05) is 11.6 Å². The van der Waals surface area contributed by atoms with E-state index in [4.69, 9.17) is 38.7 Å². The summed E-state index contributed by atoms with van der Waals surface area (Å²) in [5.74, 6) is -0.205. The Labute approximate surface area is 124 Å². The summed E-state index contributed by atoms with van der Waals surface area (Å²) >= 11 is 11.0. The third kappa shape index (κ3) is 2.50. The standard InChI is InChI=1S/C12H11ClN2O4S/c1-17-10-6(15-12(14)20)4-7-5(9(10)13)3-8(19-7)11(16)18-2/h3-4H,1-2H3,(H3,14,15,20). The molecule has 2 rings (SSSR count). The average Bonchev–Trinajstić information content (AvgIpc) is 2.81. The lowest BCUT2D eigenvalue weighted by Gasteiger charge is -2.11. The molecule has 20 heavy (non-hydrogen) atoms. The number of rotatable bonds is 3. The maximum atomic E-state index is 11.5. The van der Waals surface area contributed by atoms with Crippen molar-refractivity contribution in [2.24, 2.45) is 5.73 Å². The Kier molecular flexibility index (Phi) is 4.01. The first-order valence-corrected chi connectivity index (χ1v) is 6.21. The lowest BCUT2D eigenvalue weighted by molar-refractivity contribution is 0.0567. The smallest absolute Gasteiger partial charge is 0.373 e. The number of nitrogens with two attached hydrogens (primary N) is 1. The highest BCUT2D eigenvalue weighted by Gasteiger charge is 2.19. The van der Waals surface area contributed by atoms with E-state index in [1.807, 2.05) is 0 Å². The Morgan fingerprint density at radius 3 is 2.70 bits per heavy atom. The van der Waals surface area contributed by atoms with Crippen LogP contribution in [0.3, 0.4) is 0 Å². The van der Waals surface area contributed by atoms with Gasteiger partial charge in [-0.05, 0) is 12.2 Å². The van der Waals surface area contributed by atoms with Crippen LogP contribution < -0.4 is 15.8 Å². The molecule has 0 unspecified atom stereocenters. The summed E-state index contributed by atoms with van der Waals surface area (Å²) in [6.07, 6.45) is 0. The second-order valence-electron chi connectivity index (χ2n) is 3.77. The monoisotopic (exact) mass is 314 g/mol. The quantitative estimate of drug-likeness (QED) is 0.665. The van der Waals surface area contributed by atoms with Crippen LogP contribution in [0.1, 0.15) is 10.6 Å². The first-order valence-electron chi connectivity index (χ1n) is 5.42. The number of ether oxygens (including phenoxy) is 2. The highest BCUT2D eigenvalue weighted by atomic mass is 35.5. The fraction of sp³-hybridized carbons (Fsp3) is 0.167. The van der Waals surface area contributed by atoms with Crippen molar-refractivity contribution in [3.05, 3.63) is 22.9 Å². The number of carbonyl (C=O) groups excluding carboxylic acids is 1. The predicted molar refractivity (Wildman–Crippen MR) is 79.5 cm³/mol. The van der Waals surface area contributed by atoms with Gasteiger partial charge in [0.1, 0.15) is 5.58 Å². The van der Waals surface area contributed by atoms with E-state index in [0.29, 0.717) is 22.4 Å². The zero-order valence-corrected chi connectivity index (χ0v) is 12.2. The van der Waals surface area contributed by atoms with Crippen molar-refractivity contribution in [2.45, 2.75) is 0 Å². The summed E-state index contributed by atoms with van der Waals surface area (Å²) in [5.41, 5.74) is 6.27. The lowest BCUT2D eigenvalue weighted by atomic mass is 10.2. The second kappa shape index (κ2) is 5.56. The number of hydrogen-bond donors (Lipinski definition) is 2. The third-order valence-corrected chi connectivity index (χ3v) is 3.04. The van der Waals surface area contributed by atoms with Gasteiger partial charge in [-0.3, -0.25) is 0 Å². The van der Waals surface area contributed by atoms with E-state index in [-0.39, 0.29) is 15.9 Å². The second-order valence-corrected chi connectivity index (χ2v) is 4.59. The molecule has 0 fully saturated rings. The molecule has 0 amide bonds. The summed E-state index contributed by atoms with van der Waals surface area (Å²) in [6, 6.07) is 3.07. The molecular formula is C12H11ClN2O4S. The van der Waals surface area contributed by atoms with Crippen molar-refractivity contribution in [1.82, 2.24) is 0 Å². The summed E-state index contributed by atoms with van der Waals surface area (Å²) in [7, 11) is 2.72. The molecule has 0 bridgehead atoms. The molecule has 3 N–H and O–H groups in total. The molecule has 0 aliphatic rings. The summed E-state index contributed by atoms with van der Waals surface area (Å²) in [6.45, 7) is 0. The molecule has 0 spiro atoms. The Morgan fingerprint density at radius 2 is 2.15 bits per heavy atom. The number of thiocarbonyl (C=S) groups is 1. The number of halogens is 1. The summed E-state index contributed by atoms with van der Waals surface area (Å²) in [5, 5.41) is 3.59. The minimum Gasteiger partial charge on any atom is -0.493 e. The Balaban J connectivity index is 2.65. The summed E-state index contributed by atoms with van der Waals surface area (Å²) in [4.78, 5) is 11.5. The van der Waals surface area contributed by atoms with Gasteiger partial charge in [0.2, 0.25) is 5.76 Å². The molecule has 0 saturated carbocycles. The van der Waals surface area contributed by atoms with Crippen LogP contribution in [-0.4, -0.2) is 25.3 Å². The number of carbonyl (C=O) groups is 1. The molecule has 106 valence electrons. The van der Waals surface area contributed by atoms with E-state index >= 15 is 0 Å². The molecule has 0 aliphatic heterocycles. The first-order chi connectivity index (χ1) is 9.47. The molecule has 1 aromatic heterocycles. The topological polar surface area (TPSA) is 86.7 Å². The number of benzene rings is 1. The Morgan fingerprint density at radius 1 is 1.45 bits per heavy atom. The normalized spacial score (nSPS) is 10.3. The molecule has 0 radical (unpaired) electrons. The van der Waals surface area contributed by atoms with Crippen molar-refractivity contribution in [3.8, 4) is 5.75 Å². The van der Waals surface area contributed by atoms with Crippen molar-refractivity contribution < 1.29 is 18.7 Å². The van der Waals surface area contributed by atoms with Crippen LogP contribution in [0.5, 0.6) is 5.75 Å². The molecular weight excluding hydrogens is 304 g/mol. The Bertz CT molecular complexity index is 698. The number of anilines is 1. The number of furan rings is 1. The minimum absolute atomic E-state index is 0.0407. The number of nitrogens with one attached hydrogen (secondary N) is 1. The van der Waals surface area contributed by atoms with Crippen LogP contribution >= 0.6 is 23.8 Å². The van der Waals surface area contributed by atoms with Gasteiger partial charge in [-0.2, -0.15) is 0 Å². The van der Waals surface area contributed by atoms with Gasteiger partial charge >= 0.3 is 5.97 Å². The van der Waals surface area contributed by atoms with Crippen LogP contribution in [0.15, 0.2) is 16.5 Å². The highest BCUT2D eigenvalue weighted by Crippen LogP contribution is 2.40. The van der Waals surface area contributed by atoms with Gasteiger partial charge in [0, 0.05) is 17.5 Å². The molecule has 6 nitrogen and oxygen atoms in total. The van der Waals surface area contributed by atoms with Crippen LogP contribution in [0.2, 0.25) is 5.02 Å². The fourth-order valence-corrected chi connectivity index (χ4v) is 2.18. The maximum Gasteiger partial charge on any atom is 0.373 e. The van der Waals surface area contributed by atoms with E-state index in [1.165, 1.54) is 20.3 Å². The molecule has 0 atom stereocenters. The predicted octanol–water partition coefficient (Wildman–Crippen LogP) is 2.54. The lowest BCUT2D eigenvalue weighted by Crippen LogP contribution is -2.19. The van der Waals surface area contributed by atoms with Gasteiger partial charge in [-0.25, -0.2) is 4.79 Å². The fourth-order valence-electron chi connectivity index (χ4n) is 1.75. The van der Waals surface area contributed by atoms with E-state index in [9.17, 15) is 4.79 Å². The zero-order chi connectivity index (χ0) is 14.9. The zero-order valence-electron chi connectivity index (χ0n) is 10.7. The van der Waals surface area contributed by atoms with E-state index in [2.05, 4.69) is 10.1 Å². The van der Waals surface area contributed by atoms with Crippen molar-refractivity contribution in [3.63, 3.8) is 0 Å². The van der Waals surface area contributed by atoms with Crippen LogP contribution in [-0.2, 0) is 4.74 Å². The third-order valence-electron chi connectivity index (χ3n) is 2.57. The SMILES string of the molecule is COC(=O)c1cc2c(Cl)c(OC)c(NC(N)=S)cc2o1. The van der Waals surface area contributed by atoms with E-state index in [0.717, 1.165) is 0 Å². The molecule has 1 aromatic carbocycles. The van der Waals surface area contributed by atoms with E-state index < -0.39 is 5.97 Å². The number of hydrogen-bond acceptors (Lipinski definition) is 5. The van der Waals surface area contributed by atoms with Crippen LogP contribution in [0, 0.1) is 0 Å². The van der Waals surface area contributed by atoms with E-state index in [1.54, 1.807) is 6.07 Å². The van der Waals surface area contributed by atoms with Gasteiger partial charge in [0.25, 0.3) is 0 Å². The largest absolute Gasteiger partial charge is 0.493 e. The maximum absolute atomic E-state index is 11.5. The van der Waals surface area contributed by atoms with Gasteiger partial charge in [-0.15, -0.1) is 0 Å². The van der Waals surface area contributed by atoms with Gasteiger partial charge < -0.3 is 24.9 Å². The van der Waals surface area contributed by atoms with Crippen molar-refractivity contribution >= 4 is 51.6 Å². The molecule has 0 saturated heterocycles. The molecule has 0 aliphatic carbocycles. The highest BCUT2D eigenvalue weighted by molar-refractivity contribution is 7.80. The average molecular weight is 315 g/mol. The van der Waals surface area contributed by atoms with Crippen LogP contribution in [0.4, 0.5) is 5.69 Å². The number of methoxy groups -OCH3 is 2. The van der Waals surface area contributed by atoms with Gasteiger partial charge in [0.05, 0.1) is 24.9 Å². The number of esters is 1. The minimum atomic E-state index is -0.597. The van der Waals surface area contributed by atoms with Gasteiger partial charge in [0.15, 0.2) is 10.9 Å². The Hall–Kier alpha value is -1.99. The number of fused-ring (bicyclic) bond motifs is 1. The molecule has 1 heterocycles. The molecule has 8 heteroatoms.